The number of methoxy groups -OCH3 is 1. The van der Waals surface area contributed by atoms with Gasteiger partial charge in [0, 0.05) is 11.4 Å². The maximum absolute atomic E-state index is 9.53. The Labute approximate surface area is 117 Å². The van der Waals surface area contributed by atoms with Crippen LogP contribution in [0.5, 0.6) is 5.75 Å². The fraction of sp³-hybridized carbons (Fsp3) is 0.357. The molecule has 1 atom stereocenters. The normalized spacial score (nSPS) is 12.4. The van der Waals surface area contributed by atoms with Crippen LogP contribution in [0, 0.1) is 6.92 Å². The predicted molar refractivity (Wildman–Crippen MR) is 76.5 cm³/mol. The Morgan fingerprint density at radius 3 is 2.95 bits per heavy atom. The Morgan fingerprint density at radius 1 is 1.47 bits per heavy atom. The van der Waals surface area contributed by atoms with Crippen molar-refractivity contribution in [2.75, 3.05) is 13.7 Å². The van der Waals surface area contributed by atoms with E-state index in [0.717, 1.165) is 17.0 Å². The Morgan fingerprint density at radius 2 is 2.32 bits per heavy atom. The molecule has 2 rings (SSSR count). The maximum atomic E-state index is 9.53. The second kappa shape index (κ2) is 6.65. The molecule has 0 radical (unpaired) electrons. The van der Waals surface area contributed by atoms with Gasteiger partial charge < -0.3 is 15.2 Å². The highest BCUT2D eigenvalue weighted by Gasteiger charge is 2.11. The van der Waals surface area contributed by atoms with Crippen LogP contribution in [0.15, 0.2) is 29.8 Å². The lowest BCUT2D eigenvalue weighted by molar-refractivity contribution is 0.243. The Bertz CT molecular complexity index is 528. The minimum Gasteiger partial charge on any atom is -0.497 e. The van der Waals surface area contributed by atoms with E-state index in [9.17, 15) is 5.11 Å². The summed E-state index contributed by atoms with van der Waals surface area (Å²) in [5, 5.41) is 12.9. The van der Waals surface area contributed by atoms with Crippen LogP contribution in [-0.2, 0) is 6.54 Å². The van der Waals surface area contributed by atoms with Gasteiger partial charge in [-0.25, -0.2) is 4.98 Å². The van der Waals surface area contributed by atoms with Gasteiger partial charge in [0.1, 0.15) is 5.75 Å². The number of nitrogens with one attached hydrogen (secondary N) is 1. The summed E-state index contributed by atoms with van der Waals surface area (Å²) in [5.74, 6) is 0.798. The van der Waals surface area contributed by atoms with Gasteiger partial charge in [-0.05, 0) is 24.6 Å². The Kier molecular flexibility index (Phi) is 4.90. The van der Waals surface area contributed by atoms with Crippen molar-refractivity contribution in [3.63, 3.8) is 0 Å². The smallest absolute Gasteiger partial charge is 0.119 e. The standard InChI is InChI=1S/C14H18N2O2S/c1-10-14(19-9-16-10)7-15-13(8-17)11-4-3-5-12(6-11)18-2/h3-6,9,13,15,17H,7-8H2,1-2H3. The molecule has 0 aliphatic rings. The molecule has 1 aromatic carbocycles. The largest absolute Gasteiger partial charge is 0.497 e. The molecule has 0 aliphatic carbocycles. The highest BCUT2D eigenvalue weighted by Crippen LogP contribution is 2.20. The zero-order chi connectivity index (χ0) is 13.7. The number of benzene rings is 1. The van der Waals surface area contributed by atoms with Crippen LogP contribution < -0.4 is 10.1 Å². The van der Waals surface area contributed by atoms with E-state index in [1.807, 2.05) is 36.7 Å². The number of aliphatic hydroxyl groups is 1. The number of aromatic nitrogens is 1. The predicted octanol–water partition coefficient (Wildman–Crippen LogP) is 2.28. The number of aryl methyl sites for hydroxylation is 1. The van der Waals surface area contributed by atoms with E-state index in [0.29, 0.717) is 6.54 Å². The molecule has 1 aromatic heterocycles. The van der Waals surface area contributed by atoms with Gasteiger partial charge in [0.05, 0.1) is 31.0 Å². The van der Waals surface area contributed by atoms with Gasteiger partial charge in [-0.15, -0.1) is 11.3 Å². The third kappa shape index (κ3) is 3.53. The van der Waals surface area contributed by atoms with Crippen molar-refractivity contribution in [2.24, 2.45) is 0 Å². The molecule has 0 saturated carbocycles. The molecule has 2 aromatic rings. The number of hydrogen-bond donors (Lipinski definition) is 2. The van der Waals surface area contributed by atoms with Crippen LogP contribution >= 0.6 is 11.3 Å². The van der Waals surface area contributed by atoms with E-state index >= 15 is 0 Å². The van der Waals surface area contributed by atoms with Gasteiger partial charge >= 0.3 is 0 Å². The van der Waals surface area contributed by atoms with E-state index < -0.39 is 0 Å². The third-order valence-electron chi connectivity index (χ3n) is 3.03. The number of rotatable bonds is 6. The maximum Gasteiger partial charge on any atom is 0.119 e. The van der Waals surface area contributed by atoms with E-state index in [1.165, 1.54) is 4.88 Å². The summed E-state index contributed by atoms with van der Waals surface area (Å²) in [6.45, 7) is 2.75. The fourth-order valence-corrected chi connectivity index (χ4v) is 2.59. The molecule has 2 N–H and O–H groups in total. The summed E-state index contributed by atoms with van der Waals surface area (Å²) in [5.41, 5.74) is 3.90. The van der Waals surface area contributed by atoms with Gasteiger partial charge in [-0.1, -0.05) is 12.1 Å². The molecule has 1 heterocycles. The number of hydrogen-bond acceptors (Lipinski definition) is 5. The van der Waals surface area contributed by atoms with E-state index in [-0.39, 0.29) is 12.6 Å². The molecule has 0 saturated heterocycles. The molecular formula is C14H18N2O2S. The van der Waals surface area contributed by atoms with E-state index in [2.05, 4.69) is 10.3 Å². The summed E-state index contributed by atoms with van der Waals surface area (Å²) in [7, 11) is 1.64. The molecule has 0 amide bonds. The van der Waals surface area contributed by atoms with E-state index in [4.69, 9.17) is 4.74 Å². The Balaban J connectivity index is 2.05. The number of ether oxygens (including phenoxy) is 1. The van der Waals surface area contributed by atoms with Crippen LogP contribution in [0.4, 0.5) is 0 Å². The summed E-state index contributed by atoms with van der Waals surface area (Å²) in [6, 6.07) is 7.64. The van der Waals surface area contributed by atoms with Crippen LogP contribution in [-0.4, -0.2) is 23.8 Å². The lowest BCUT2D eigenvalue weighted by atomic mass is 10.1. The lowest BCUT2D eigenvalue weighted by Crippen LogP contribution is -2.23. The SMILES string of the molecule is COc1cccc(C(CO)NCc2scnc2C)c1. The molecule has 0 spiro atoms. The number of nitrogens with zero attached hydrogens (tertiary/aromatic N) is 1. The average molecular weight is 278 g/mol. The first-order chi connectivity index (χ1) is 9.24. The topological polar surface area (TPSA) is 54.4 Å². The van der Waals surface area contributed by atoms with Gasteiger partial charge in [0.15, 0.2) is 0 Å². The molecule has 1 unspecified atom stereocenters. The van der Waals surface area contributed by atoms with E-state index in [1.54, 1.807) is 18.4 Å². The first-order valence-corrected chi connectivity index (χ1v) is 6.99. The van der Waals surface area contributed by atoms with Gasteiger partial charge in [-0.3, -0.25) is 0 Å². The first kappa shape index (κ1) is 14.0. The number of thiazole rings is 1. The minimum atomic E-state index is -0.100. The van der Waals surface area contributed by atoms with Crippen LogP contribution in [0.1, 0.15) is 22.2 Å². The first-order valence-electron chi connectivity index (χ1n) is 6.11. The fourth-order valence-electron chi connectivity index (χ4n) is 1.86. The lowest BCUT2D eigenvalue weighted by Gasteiger charge is -2.17. The molecule has 102 valence electrons. The molecule has 19 heavy (non-hydrogen) atoms. The van der Waals surface area contributed by atoms with Crippen molar-refractivity contribution in [2.45, 2.75) is 19.5 Å². The summed E-state index contributed by atoms with van der Waals surface area (Å²) in [4.78, 5) is 5.41. The third-order valence-corrected chi connectivity index (χ3v) is 3.97. The minimum absolute atomic E-state index is 0.0466. The zero-order valence-electron chi connectivity index (χ0n) is 11.1. The molecule has 0 bridgehead atoms. The Hall–Kier alpha value is -1.43. The molecular weight excluding hydrogens is 260 g/mol. The second-order valence-electron chi connectivity index (χ2n) is 4.25. The number of aliphatic hydroxyl groups excluding tert-OH is 1. The van der Waals surface area contributed by atoms with Crippen molar-refractivity contribution in [1.82, 2.24) is 10.3 Å². The molecule has 5 heteroatoms. The van der Waals surface area contributed by atoms with Crippen LogP contribution in [0.25, 0.3) is 0 Å². The molecule has 0 fully saturated rings. The zero-order valence-corrected chi connectivity index (χ0v) is 11.9. The van der Waals surface area contributed by atoms with Crippen LogP contribution in [0.3, 0.4) is 0 Å². The van der Waals surface area contributed by atoms with Crippen molar-refractivity contribution in [3.8, 4) is 5.75 Å². The summed E-state index contributed by atoms with van der Waals surface area (Å²) >= 11 is 1.62. The quantitative estimate of drug-likeness (QED) is 0.851. The summed E-state index contributed by atoms with van der Waals surface area (Å²) < 4.78 is 5.20. The molecule has 4 nitrogen and oxygen atoms in total. The molecule has 0 aliphatic heterocycles. The monoisotopic (exact) mass is 278 g/mol. The van der Waals surface area contributed by atoms with Crippen LogP contribution in [0.2, 0.25) is 0 Å². The van der Waals surface area contributed by atoms with Gasteiger partial charge in [0.25, 0.3) is 0 Å². The van der Waals surface area contributed by atoms with Crippen molar-refractivity contribution in [1.29, 1.82) is 0 Å². The van der Waals surface area contributed by atoms with Crippen molar-refractivity contribution >= 4 is 11.3 Å². The van der Waals surface area contributed by atoms with Crippen molar-refractivity contribution in [3.05, 3.63) is 45.9 Å². The highest BCUT2D eigenvalue weighted by molar-refractivity contribution is 7.09. The van der Waals surface area contributed by atoms with Gasteiger partial charge in [0.2, 0.25) is 0 Å². The van der Waals surface area contributed by atoms with Crippen molar-refractivity contribution < 1.29 is 9.84 Å². The second-order valence-corrected chi connectivity index (χ2v) is 5.19. The highest BCUT2D eigenvalue weighted by atomic mass is 32.1. The average Bonchev–Trinajstić information content (AvgIpc) is 2.85. The summed E-state index contributed by atoms with van der Waals surface area (Å²) in [6.07, 6.45) is 0. The van der Waals surface area contributed by atoms with Gasteiger partial charge in [-0.2, -0.15) is 0 Å².